The summed E-state index contributed by atoms with van der Waals surface area (Å²) in [6.07, 6.45) is 3.81. The summed E-state index contributed by atoms with van der Waals surface area (Å²) < 4.78 is 13.5. The van der Waals surface area contributed by atoms with E-state index in [1.807, 2.05) is 18.0 Å². The Kier molecular flexibility index (Phi) is 3.98. The number of carbonyl (C=O) groups is 1. The summed E-state index contributed by atoms with van der Waals surface area (Å²) >= 11 is 0. The Balaban J connectivity index is 1.79. The van der Waals surface area contributed by atoms with Gasteiger partial charge in [0.25, 0.3) is 0 Å². The molecule has 0 spiro atoms. The molecule has 1 unspecified atom stereocenters. The lowest BCUT2D eigenvalue weighted by molar-refractivity contribution is -0.140. The summed E-state index contributed by atoms with van der Waals surface area (Å²) in [5, 5.41) is 3.19. The number of nitrogens with zero attached hydrogens (tertiary/aromatic N) is 1. The molecule has 4 heteroatoms. The maximum atomic E-state index is 13.5. The second-order valence-corrected chi connectivity index (χ2v) is 6.41. The molecule has 0 bridgehead atoms. The van der Waals surface area contributed by atoms with Crippen LogP contribution in [0.1, 0.15) is 31.2 Å². The molecule has 1 saturated heterocycles. The lowest BCUT2D eigenvalue weighted by Crippen LogP contribution is -2.50. The van der Waals surface area contributed by atoms with E-state index in [2.05, 4.69) is 5.32 Å². The van der Waals surface area contributed by atoms with E-state index >= 15 is 0 Å². The van der Waals surface area contributed by atoms with Crippen LogP contribution < -0.4 is 5.32 Å². The molecule has 1 aliphatic carbocycles. The number of amides is 1. The molecule has 1 saturated carbocycles. The monoisotopic (exact) mass is 290 g/mol. The first-order chi connectivity index (χ1) is 10.2. The van der Waals surface area contributed by atoms with Crippen molar-refractivity contribution < 1.29 is 9.18 Å². The van der Waals surface area contributed by atoms with Crippen LogP contribution in [0.15, 0.2) is 24.3 Å². The second-order valence-electron chi connectivity index (χ2n) is 6.41. The highest BCUT2D eigenvalue weighted by Crippen LogP contribution is 2.46. The fourth-order valence-electron chi connectivity index (χ4n) is 3.72. The Morgan fingerprint density at radius 2 is 2.29 bits per heavy atom. The van der Waals surface area contributed by atoms with Gasteiger partial charge in [-0.1, -0.05) is 18.6 Å². The van der Waals surface area contributed by atoms with Gasteiger partial charge in [0.05, 0.1) is 5.41 Å². The molecule has 1 heterocycles. The number of nitrogens with one attached hydrogen (secondary N) is 1. The molecule has 1 atom stereocenters. The van der Waals surface area contributed by atoms with E-state index in [0.29, 0.717) is 5.92 Å². The van der Waals surface area contributed by atoms with Crippen LogP contribution in [0, 0.1) is 11.7 Å². The number of carbonyl (C=O) groups excluding carboxylic acids is 1. The van der Waals surface area contributed by atoms with Crippen molar-refractivity contribution in [3.63, 3.8) is 0 Å². The molecule has 3 nitrogen and oxygen atoms in total. The molecule has 114 valence electrons. The summed E-state index contributed by atoms with van der Waals surface area (Å²) in [4.78, 5) is 15.0. The van der Waals surface area contributed by atoms with E-state index in [0.717, 1.165) is 50.9 Å². The third kappa shape index (κ3) is 2.57. The van der Waals surface area contributed by atoms with Crippen LogP contribution in [0.2, 0.25) is 0 Å². The Morgan fingerprint density at radius 3 is 2.90 bits per heavy atom. The predicted molar refractivity (Wildman–Crippen MR) is 80.5 cm³/mol. The van der Waals surface area contributed by atoms with Gasteiger partial charge in [-0.3, -0.25) is 4.79 Å². The molecule has 0 aromatic heterocycles. The third-order valence-electron chi connectivity index (χ3n) is 5.06. The molecular formula is C17H23FN2O. The highest BCUT2D eigenvalue weighted by molar-refractivity contribution is 5.89. The first kappa shape index (κ1) is 14.5. The van der Waals surface area contributed by atoms with Gasteiger partial charge >= 0.3 is 0 Å². The lowest BCUT2D eigenvalue weighted by atomic mass is 9.63. The Hall–Kier alpha value is -1.42. The van der Waals surface area contributed by atoms with E-state index < -0.39 is 5.41 Å². The molecule has 1 amide bonds. The van der Waals surface area contributed by atoms with Crippen LogP contribution in [0.4, 0.5) is 4.39 Å². The predicted octanol–water partition coefficient (Wildman–Crippen LogP) is 2.32. The molecule has 1 N–H and O–H groups in total. The van der Waals surface area contributed by atoms with Crippen molar-refractivity contribution in [2.24, 2.45) is 5.92 Å². The van der Waals surface area contributed by atoms with Crippen LogP contribution in [0.3, 0.4) is 0 Å². The van der Waals surface area contributed by atoms with E-state index in [-0.39, 0.29) is 11.7 Å². The van der Waals surface area contributed by atoms with Crippen molar-refractivity contribution in [2.75, 3.05) is 26.7 Å². The second kappa shape index (κ2) is 5.76. The zero-order valence-corrected chi connectivity index (χ0v) is 12.6. The third-order valence-corrected chi connectivity index (χ3v) is 5.06. The fourth-order valence-corrected chi connectivity index (χ4v) is 3.72. The van der Waals surface area contributed by atoms with Gasteiger partial charge < -0.3 is 10.2 Å². The normalized spacial score (nSPS) is 23.9. The molecular weight excluding hydrogens is 267 g/mol. The lowest BCUT2D eigenvalue weighted by Gasteiger charge is -2.43. The molecule has 1 aliphatic heterocycles. The number of rotatable bonds is 4. The number of hydrogen-bond acceptors (Lipinski definition) is 2. The van der Waals surface area contributed by atoms with E-state index in [4.69, 9.17) is 0 Å². The minimum atomic E-state index is -0.462. The van der Waals surface area contributed by atoms with Crippen LogP contribution in [-0.4, -0.2) is 37.5 Å². The van der Waals surface area contributed by atoms with Gasteiger partial charge in [-0.25, -0.2) is 4.39 Å². The van der Waals surface area contributed by atoms with Gasteiger partial charge in [0.2, 0.25) is 5.91 Å². The highest BCUT2D eigenvalue weighted by Gasteiger charge is 2.48. The largest absolute Gasteiger partial charge is 0.342 e. The first-order valence-corrected chi connectivity index (χ1v) is 7.86. The number of halogens is 1. The summed E-state index contributed by atoms with van der Waals surface area (Å²) in [6.45, 7) is 2.62. The van der Waals surface area contributed by atoms with Crippen LogP contribution in [0.5, 0.6) is 0 Å². The molecule has 21 heavy (non-hydrogen) atoms. The molecule has 0 radical (unpaired) electrons. The summed E-state index contributed by atoms with van der Waals surface area (Å²) in [6, 6.07) is 6.60. The quantitative estimate of drug-likeness (QED) is 0.923. The first-order valence-electron chi connectivity index (χ1n) is 7.86. The molecule has 1 aromatic rings. The fraction of sp³-hybridized carbons (Fsp3) is 0.588. The molecule has 1 aromatic carbocycles. The van der Waals surface area contributed by atoms with Gasteiger partial charge in [0.15, 0.2) is 0 Å². The van der Waals surface area contributed by atoms with Crippen LogP contribution in [0.25, 0.3) is 0 Å². The number of likely N-dealkylation sites (tertiary alicyclic amines) is 1. The van der Waals surface area contributed by atoms with Gasteiger partial charge in [-0.05, 0) is 56.5 Å². The van der Waals surface area contributed by atoms with Gasteiger partial charge in [0.1, 0.15) is 5.82 Å². The van der Waals surface area contributed by atoms with E-state index in [1.54, 1.807) is 6.07 Å². The summed E-state index contributed by atoms with van der Waals surface area (Å²) in [5.74, 6) is 0.502. The molecule has 2 aliphatic rings. The van der Waals surface area contributed by atoms with Crippen molar-refractivity contribution >= 4 is 5.91 Å². The molecule has 2 fully saturated rings. The van der Waals surface area contributed by atoms with Gasteiger partial charge in [-0.2, -0.15) is 0 Å². The zero-order chi connectivity index (χ0) is 14.9. The summed E-state index contributed by atoms with van der Waals surface area (Å²) in [7, 11) is 1.95. The Bertz CT molecular complexity index is 527. The average molecular weight is 290 g/mol. The standard InChI is InChI=1S/C17H23FN2O/c1-19-11-13-6-9-20(12-13)16(21)17(7-3-8-17)14-4-2-5-15(18)10-14/h2,4-5,10,13,19H,3,6-9,11-12H2,1H3. The maximum Gasteiger partial charge on any atom is 0.233 e. The van der Waals surface area contributed by atoms with Crippen molar-refractivity contribution in [3.05, 3.63) is 35.6 Å². The minimum absolute atomic E-state index is 0.206. The number of hydrogen-bond donors (Lipinski definition) is 1. The topological polar surface area (TPSA) is 32.3 Å². The van der Waals surface area contributed by atoms with Crippen molar-refractivity contribution in [1.29, 1.82) is 0 Å². The average Bonchev–Trinajstić information content (AvgIpc) is 2.86. The maximum absolute atomic E-state index is 13.5. The van der Waals surface area contributed by atoms with Crippen molar-refractivity contribution in [3.8, 4) is 0 Å². The van der Waals surface area contributed by atoms with Crippen molar-refractivity contribution in [1.82, 2.24) is 10.2 Å². The number of benzene rings is 1. The van der Waals surface area contributed by atoms with Crippen LogP contribution >= 0.6 is 0 Å². The van der Waals surface area contributed by atoms with Gasteiger partial charge in [-0.15, -0.1) is 0 Å². The Labute approximate surface area is 125 Å². The summed E-state index contributed by atoms with van der Waals surface area (Å²) in [5.41, 5.74) is 0.396. The SMILES string of the molecule is CNCC1CCN(C(=O)C2(c3cccc(F)c3)CCC2)C1. The van der Waals surface area contributed by atoms with Gasteiger partial charge in [0, 0.05) is 13.1 Å². The minimum Gasteiger partial charge on any atom is -0.342 e. The highest BCUT2D eigenvalue weighted by atomic mass is 19.1. The van der Waals surface area contributed by atoms with E-state index in [1.165, 1.54) is 12.1 Å². The van der Waals surface area contributed by atoms with Crippen LogP contribution in [-0.2, 0) is 10.2 Å². The molecule has 3 rings (SSSR count). The Morgan fingerprint density at radius 1 is 1.48 bits per heavy atom. The van der Waals surface area contributed by atoms with Crippen molar-refractivity contribution in [2.45, 2.75) is 31.1 Å². The van der Waals surface area contributed by atoms with E-state index in [9.17, 15) is 9.18 Å². The smallest absolute Gasteiger partial charge is 0.233 e. The zero-order valence-electron chi connectivity index (χ0n) is 12.6.